The first-order valence-corrected chi connectivity index (χ1v) is 6.63. The summed E-state index contributed by atoms with van der Waals surface area (Å²) in [5.74, 6) is 1.23. The molecule has 2 aliphatic rings. The largest absolute Gasteiger partial charge is 0.354 e. The molecule has 2 aliphatic carbocycles. The summed E-state index contributed by atoms with van der Waals surface area (Å²) < 4.78 is 1.71. The molecule has 2 bridgehead atoms. The summed E-state index contributed by atoms with van der Waals surface area (Å²) in [6.07, 6.45) is 6.93. The standard InChI is InChI=1S/C12H19N5O/c13-11-9-2-1-8(7-9)10(11)12(18)14-3-5-17-6-4-15-16-17/h4,6,8-11H,1-3,5,7,13H2,(H,14,18). The number of aromatic nitrogens is 3. The first-order chi connectivity index (χ1) is 8.75. The second kappa shape index (κ2) is 4.68. The van der Waals surface area contributed by atoms with E-state index in [9.17, 15) is 4.79 Å². The zero-order valence-corrected chi connectivity index (χ0v) is 10.3. The van der Waals surface area contributed by atoms with Gasteiger partial charge in [-0.1, -0.05) is 5.21 Å². The van der Waals surface area contributed by atoms with Crippen molar-refractivity contribution in [2.75, 3.05) is 6.54 Å². The molecule has 1 aromatic rings. The molecule has 0 spiro atoms. The highest BCUT2D eigenvalue weighted by Gasteiger charge is 2.48. The number of nitrogens with one attached hydrogen (secondary N) is 1. The predicted molar refractivity (Wildman–Crippen MR) is 65.3 cm³/mol. The SMILES string of the molecule is NC1C2CCC(C2)C1C(=O)NCCn1ccnn1. The lowest BCUT2D eigenvalue weighted by Gasteiger charge is -2.26. The number of rotatable bonds is 4. The van der Waals surface area contributed by atoms with Gasteiger partial charge in [0.25, 0.3) is 0 Å². The molecule has 2 fully saturated rings. The maximum Gasteiger partial charge on any atom is 0.225 e. The van der Waals surface area contributed by atoms with E-state index in [1.54, 1.807) is 17.1 Å². The minimum Gasteiger partial charge on any atom is -0.354 e. The van der Waals surface area contributed by atoms with Crippen molar-refractivity contribution in [2.24, 2.45) is 23.5 Å². The molecule has 3 rings (SSSR count). The first-order valence-electron chi connectivity index (χ1n) is 6.63. The van der Waals surface area contributed by atoms with Crippen molar-refractivity contribution in [1.82, 2.24) is 20.3 Å². The lowest BCUT2D eigenvalue weighted by atomic mass is 9.84. The second-order valence-corrected chi connectivity index (χ2v) is 5.39. The van der Waals surface area contributed by atoms with Crippen molar-refractivity contribution in [3.63, 3.8) is 0 Å². The van der Waals surface area contributed by atoms with E-state index in [0.717, 1.165) is 6.42 Å². The molecule has 1 heterocycles. The van der Waals surface area contributed by atoms with Crippen LogP contribution in [0.5, 0.6) is 0 Å². The minimum atomic E-state index is 0.0273. The third-order valence-electron chi connectivity index (χ3n) is 4.40. The Bertz CT molecular complexity index is 416. The molecule has 6 nitrogen and oxygen atoms in total. The Morgan fingerprint density at radius 2 is 2.28 bits per heavy atom. The van der Waals surface area contributed by atoms with Crippen molar-refractivity contribution in [3.05, 3.63) is 12.4 Å². The zero-order chi connectivity index (χ0) is 12.5. The van der Waals surface area contributed by atoms with Gasteiger partial charge in [0, 0.05) is 18.8 Å². The molecule has 1 amide bonds. The van der Waals surface area contributed by atoms with E-state index in [-0.39, 0.29) is 17.9 Å². The fourth-order valence-corrected chi connectivity index (χ4v) is 3.49. The number of carbonyl (C=O) groups excluding carboxylic acids is 1. The van der Waals surface area contributed by atoms with Crippen LogP contribution in [0.1, 0.15) is 19.3 Å². The van der Waals surface area contributed by atoms with Crippen molar-refractivity contribution >= 4 is 5.91 Å². The highest BCUT2D eigenvalue weighted by atomic mass is 16.1. The zero-order valence-electron chi connectivity index (χ0n) is 10.3. The highest BCUT2D eigenvalue weighted by molar-refractivity contribution is 5.80. The molecule has 4 atom stereocenters. The highest BCUT2D eigenvalue weighted by Crippen LogP contribution is 2.47. The number of fused-ring (bicyclic) bond motifs is 2. The van der Waals surface area contributed by atoms with Gasteiger partial charge in [0.05, 0.1) is 18.7 Å². The second-order valence-electron chi connectivity index (χ2n) is 5.39. The molecule has 1 aromatic heterocycles. The first kappa shape index (κ1) is 11.6. The van der Waals surface area contributed by atoms with Gasteiger partial charge in [0.15, 0.2) is 0 Å². The van der Waals surface area contributed by atoms with Gasteiger partial charge in [-0.3, -0.25) is 9.48 Å². The monoisotopic (exact) mass is 249 g/mol. The third kappa shape index (κ3) is 2.01. The summed E-state index contributed by atoms with van der Waals surface area (Å²) in [6, 6.07) is 0.0649. The van der Waals surface area contributed by atoms with Gasteiger partial charge < -0.3 is 11.1 Å². The van der Waals surface area contributed by atoms with Crippen LogP contribution in [0.3, 0.4) is 0 Å². The lowest BCUT2D eigenvalue weighted by Crippen LogP contribution is -2.45. The fourth-order valence-electron chi connectivity index (χ4n) is 3.49. The number of hydrogen-bond acceptors (Lipinski definition) is 4. The summed E-state index contributed by atoms with van der Waals surface area (Å²) in [7, 11) is 0. The fraction of sp³-hybridized carbons (Fsp3) is 0.750. The third-order valence-corrected chi connectivity index (χ3v) is 4.40. The van der Waals surface area contributed by atoms with E-state index in [4.69, 9.17) is 5.73 Å². The molecule has 4 unspecified atom stereocenters. The molecule has 0 radical (unpaired) electrons. The van der Waals surface area contributed by atoms with Crippen LogP contribution in [-0.2, 0) is 11.3 Å². The van der Waals surface area contributed by atoms with Crippen LogP contribution in [-0.4, -0.2) is 33.5 Å². The average Bonchev–Trinajstić information content (AvgIpc) is 3.03. The smallest absolute Gasteiger partial charge is 0.225 e. The number of nitrogens with two attached hydrogens (primary N) is 1. The molecule has 98 valence electrons. The molecule has 18 heavy (non-hydrogen) atoms. The quantitative estimate of drug-likeness (QED) is 0.771. The van der Waals surface area contributed by atoms with E-state index in [1.807, 2.05) is 0 Å². The Morgan fingerprint density at radius 1 is 1.44 bits per heavy atom. The number of carbonyl (C=O) groups is 1. The summed E-state index contributed by atoms with van der Waals surface area (Å²) in [6.45, 7) is 1.24. The topological polar surface area (TPSA) is 85.8 Å². The van der Waals surface area contributed by atoms with E-state index < -0.39 is 0 Å². The predicted octanol–water partition coefficient (Wildman–Crippen LogP) is -0.232. The van der Waals surface area contributed by atoms with Crippen LogP contribution in [0.4, 0.5) is 0 Å². The van der Waals surface area contributed by atoms with Gasteiger partial charge in [-0.15, -0.1) is 5.10 Å². The van der Waals surface area contributed by atoms with Crippen molar-refractivity contribution in [3.8, 4) is 0 Å². The van der Waals surface area contributed by atoms with Gasteiger partial charge in [-0.25, -0.2) is 0 Å². The Hall–Kier alpha value is -1.43. The summed E-state index contributed by atoms with van der Waals surface area (Å²) in [5.41, 5.74) is 6.14. The Kier molecular flexibility index (Phi) is 3.03. The summed E-state index contributed by atoms with van der Waals surface area (Å²) in [4.78, 5) is 12.1. The van der Waals surface area contributed by atoms with Gasteiger partial charge in [0.2, 0.25) is 5.91 Å². The lowest BCUT2D eigenvalue weighted by molar-refractivity contribution is -0.127. The summed E-state index contributed by atoms with van der Waals surface area (Å²) >= 11 is 0. The van der Waals surface area contributed by atoms with Crippen LogP contribution < -0.4 is 11.1 Å². The maximum absolute atomic E-state index is 12.1. The van der Waals surface area contributed by atoms with Crippen LogP contribution in [0, 0.1) is 17.8 Å². The maximum atomic E-state index is 12.1. The van der Waals surface area contributed by atoms with E-state index in [1.165, 1.54) is 12.8 Å². The molecule has 3 N–H and O–H groups in total. The van der Waals surface area contributed by atoms with E-state index in [0.29, 0.717) is 24.9 Å². The van der Waals surface area contributed by atoms with Crippen molar-refractivity contribution in [1.29, 1.82) is 0 Å². The molecule has 0 aliphatic heterocycles. The Morgan fingerprint density at radius 3 is 2.94 bits per heavy atom. The average molecular weight is 249 g/mol. The van der Waals surface area contributed by atoms with Gasteiger partial charge >= 0.3 is 0 Å². The van der Waals surface area contributed by atoms with Gasteiger partial charge in [-0.05, 0) is 31.1 Å². The number of amides is 1. The van der Waals surface area contributed by atoms with E-state index >= 15 is 0 Å². The van der Waals surface area contributed by atoms with Crippen molar-refractivity contribution < 1.29 is 4.79 Å². The minimum absolute atomic E-state index is 0.0273. The van der Waals surface area contributed by atoms with Crippen molar-refractivity contribution in [2.45, 2.75) is 31.8 Å². The van der Waals surface area contributed by atoms with Crippen LogP contribution in [0.25, 0.3) is 0 Å². The molecule has 2 saturated carbocycles. The molecule has 0 aromatic carbocycles. The van der Waals surface area contributed by atoms with Crippen LogP contribution in [0.2, 0.25) is 0 Å². The Labute approximate surface area is 106 Å². The number of hydrogen-bond donors (Lipinski definition) is 2. The van der Waals surface area contributed by atoms with Crippen LogP contribution in [0.15, 0.2) is 12.4 Å². The molecular weight excluding hydrogens is 230 g/mol. The molecular formula is C12H19N5O. The normalized spacial score (nSPS) is 33.8. The molecule has 0 saturated heterocycles. The van der Waals surface area contributed by atoms with Crippen LogP contribution >= 0.6 is 0 Å². The van der Waals surface area contributed by atoms with Gasteiger partial charge in [-0.2, -0.15) is 0 Å². The summed E-state index contributed by atoms with van der Waals surface area (Å²) in [5, 5.41) is 10.5. The van der Waals surface area contributed by atoms with Gasteiger partial charge in [0.1, 0.15) is 0 Å². The Balaban J connectivity index is 1.50. The van der Waals surface area contributed by atoms with E-state index in [2.05, 4.69) is 15.6 Å². The molecule has 6 heteroatoms. The number of nitrogens with zero attached hydrogens (tertiary/aromatic N) is 3.